The summed E-state index contributed by atoms with van der Waals surface area (Å²) >= 11 is 0. The first-order chi connectivity index (χ1) is 9.65. The molecule has 0 aliphatic heterocycles. The van der Waals surface area contributed by atoms with Crippen molar-refractivity contribution in [1.29, 1.82) is 0 Å². The van der Waals surface area contributed by atoms with Crippen molar-refractivity contribution in [3.63, 3.8) is 0 Å². The van der Waals surface area contributed by atoms with Crippen molar-refractivity contribution >= 4 is 5.91 Å². The second-order valence-corrected chi connectivity index (χ2v) is 4.50. The van der Waals surface area contributed by atoms with Gasteiger partial charge >= 0.3 is 0 Å². The molecule has 0 aliphatic rings. The zero-order valence-electron chi connectivity index (χ0n) is 11.3. The average molecular weight is 271 g/mol. The molecule has 0 saturated carbocycles. The van der Waals surface area contributed by atoms with E-state index in [9.17, 15) is 10.0 Å². The maximum Gasteiger partial charge on any atom is 0.243 e. The van der Waals surface area contributed by atoms with Crippen molar-refractivity contribution in [2.45, 2.75) is 20.1 Å². The van der Waals surface area contributed by atoms with Crippen molar-refractivity contribution in [3.05, 3.63) is 65.7 Å². The summed E-state index contributed by atoms with van der Waals surface area (Å²) in [7, 11) is 0. The number of carbonyl (C=O) groups is 1. The van der Waals surface area contributed by atoms with Crippen LogP contribution in [0.3, 0.4) is 0 Å². The van der Waals surface area contributed by atoms with Gasteiger partial charge in [-0.2, -0.15) is 0 Å². The summed E-state index contributed by atoms with van der Waals surface area (Å²) in [5, 5.41) is 10.1. The quantitative estimate of drug-likeness (QED) is 0.672. The van der Waals surface area contributed by atoms with Crippen molar-refractivity contribution in [2.24, 2.45) is 0 Å². The number of hydrogen-bond acceptors (Lipinski definition) is 3. The van der Waals surface area contributed by atoms with Crippen LogP contribution in [-0.4, -0.2) is 16.2 Å². The largest absolute Gasteiger partial charge is 0.489 e. The van der Waals surface area contributed by atoms with Crippen LogP contribution in [0.5, 0.6) is 5.75 Å². The molecule has 0 spiro atoms. The number of amides is 1. The van der Waals surface area contributed by atoms with Crippen molar-refractivity contribution < 1.29 is 14.7 Å². The maximum absolute atomic E-state index is 11.0. The molecule has 0 unspecified atom stereocenters. The average Bonchev–Trinajstić information content (AvgIpc) is 2.46. The summed E-state index contributed by atoms with van der Waals surface area (Å²) in [4.78, 5) is 11.0. The van der Waals surface area contributed by atoms with Gasteiger partial charge in [-0.25, -0.2) is 5.06 Å². The fourth-order valence-corrected chi connectivity index (χ4v) is 1.76. The van der Waals surface area contributed by atoms with Gasteiger partial charge in [0.05, 0.1) is 6.54 Å². The SMILES string of the molecule is CC(=O)N(O)Cc1cccc(OCc2ccccc2)c1. The van der Waals surface area contributed by atoms with E-state index in [1.165, 1.54) is 6.92 Å². The number of rotatable bonds is 5. The third-order valence-corrected chi connectivity index (χ3v) is 2.84. The van der Waals surface area contributed by atoms with Crippen LogP contribution in [0.25, 0.3) is 0 Å². The minimum absolute atomic E-state index is 0.151. The summed E-state index contributed by atoms with van der Waals surface area (Å²) < 4.78 is 5.69. The standard InChI is InChI=1S/C16H17NO3/c1-13(18)17(19)11-15-8-5-9-16(10-15)20-12-14-6-3-2-4-7-14/h2-10,19H,11-12H2,1H3. The molecular formula is C16H17NO3. The minimum atomic E-state index is -0.388. The van der Waals surface area contributed by atoms with Crippen molar-refractivity contribution in [3.8, 4) is 5.75 Å². The molecule has 0 atom stereocenters. The molecule has 2 aromatic rings. The zero-order valence-corrected chi connectivity index (χ0v) is 11.3. The minimum Gasteiger partial charge on any atom is -0.489 e. The molecule has 1 N–H and O–H groups in total. The van der Waals surface area contributed by atoms with Gasteiger partial charge in [0.15, 0.2) is 0 Å². The van der Waals surface area contributed by atoms with Gasteiger partial charge in [0, 0.05) is 6.92 Å². The number of hydrogen-bond donors (Lipinski definition) is 1. The Hall–Kier alpha value is -2.33. The van der Waals surface area contributed by atoms with Crippen LogP contribution in [0.1, 0.15) is 18.1 Å². The number of nitrogens with zero attached hydrogens (tertiary/aromatic N) is 1. The Morgan fingerprint density at radius 1 is 1.10 bits per heavy atom. The first kappa shape index (κ1) is 14.1. The molecule has 0 bridgehead atoms. The van der Waals surface area contributed by atoms with Gasteiger partial charge in [-0.15, -0.1) is 0 Å². The van der Waals surface area contributed by atoms with Gasteiger partial charge in [0.2, 0.25) is 5.91 Å². The molecule has 0 radical (unpaired) electrons. The molecule has 0 saturated heterocycles. The fraction of sp³-hybridized carbons (Fsp3) is 0.188. The van der Waals surface area contributed by atoms with Crippen LogP contribution in [0.4, 0.5) is 0 Å². The summed E-state index contributed by atoms with van der Waals surface area (Å²) in [5.41, 5.74) is 1.90. The van der Waals surface area contributed by atoms with E-state index in [4.69, 9.17) is 4.74 Å². The molecule has 104 valence electrons. The van der Waals surface area contributed by atoms with E-state index >= 15 is 0 Å². The van der Waals surface area contributed by atoms with Crippen LogP contribution < -0.4 is 4.74 Å². The predicted octanol–water partition coefficient (Wildman–Crippen LogP) is 3.00. The number of ether oxygens (including phenoxy) is 1. The smallest absolute Gasteiger partial charge is 0.243 e. The van der Waals surface area contributed by atoms with Crippen LogP contribution >= 0.6 is 0 Å². The summed E-state index contributed by atoms with van der Waals surface area (Å²) in [6.07, 6.45) is 0. The first-order valence-corrected chi connectivity index (χ1v) is 6.38. The molecule has 4 nitrogen and oxygen atoms in total. The lowest BCUT2D eigenvalue weighted by Crippen LogP contribution is -2.23. The van der Waals surface area contributed by atoms with Crippen molar-refractivity contribution in [2.75, 3.05) is 0 Å². The lowest BCUT2D eigenvalue weighted by Gasteiger charge is -2.13. The highest BCUT2D eigenvalue weighted by atomic mass is 16.5. The highest BCUT2D eigenvalue weighted by molar-refractivity contribution is 5.71. The topological polar surface area (TPSA) is 49.8 Å². The van der Waals surface area contributed by atoms with E-state index in [0.29, 0.717) is 17.4 Å². The molecular weight excluding hydrogens is 254 g/mol. The molecule has 1 amide bonds. The summed E-state index contributed by atoms with van der Waals surface area (Å²) in [6.45, 7) is 1.95. The molecule has 20 heavy (non-hydrogen) atoms. The number of carbonyl (C=O) groups excluding carboxylic acids is 1. The molecule has 4 heteroatoms. The van der Waals surface area contributed by atoms with Crippen LogP contribution in [0, 0.1) is 0 Å². The predicted molar refractivity (Wildman–Crippen MR) is 75.2 cm³/mol. The molecule has 0 heterocycles. The Morgan fingerprint density at radius 3 is 2.50 bits per heavy atom. The third-order valence-electron chi connectivity index (χ3n) is 2.84. The van der Waals surface area contributed by atoms with E-state index in [-0.39, 0.29) is 12.5 Å². The van der Waals surface area contributed by atoms with E-state index in [1.54, 1.807) is 0 Å². The monoisotopic (exact) mass is 271 g/mol. The molecule has 0 fully saturated rings. The molecule has 2 aromatic carbocycles. The van der Waals surface area contributed by atoms with Gasteiger partial charge in [-0.3, -0.25) is 10.0 Å². The maximum atomic E-state index is 11.0. The van der Waals surface area contributed by atoms with E-state index in [0.717, 1.165) is 11.1 Å². The Bertz CT molecular complexity index is 569. The van der Waals surface area contributed by atoms with Crippen molar-refractivity contribution in [1.82, 2.24) is 5.06 Å². The highest BCUT2D eigenvalue weighted by Crippen LogP contribution is 2.16. The first-order valence-electron chi connectivity index (χ1n) is 6.38. The second kappa shape index (κ2) is 6.73. The zero-order chi connectivity index (χ0) is 14.4. The number of benzene rings is 2. The molecule has 0 aromatic heterocycles. The van der Waals surface area contributed by atoms with E-state index in [1.807, 2.05) is 54.6 Å². The van der Waals surface area contributed by atoms with E-state index in [2.05, 4.69) is 0 Å². The van der Waals surface area contributed by atoms with Gasteiger partial charge in [0.1, 0.15) is 12.4 Å². The van der Waals surface area contributed by atoms with E-state index < -0.39 is 0 Å². The molecule has 2 rings (SSSR count). The normalized spacial score (nSPS) is 10.1. The van der Waals surface area contributed by atoms with Crippen LogP contribution in [0.2, 0.25) is 0 Å². The highest BCUT2D eigenvalue weighted by Gasteiger charge is 2.06. The Balaban J connectivity index is 1.97. The summed E-state index contributed by atoms with van der Waals surface area (Å²) in [6, 6.07) is 17.2. The van der Waals surface area contributed by atoms with Gasteiger partial charge < -0.3 is 4.74 Å². The molecule has 0 aliphatic carbocycles. The lowest BCUT2D eigenvalue weighted by molar-refractivity contribution is -0.165. The van der Waals surface area contributed by atoms with Gasteiger partial charge in [-0.05, 0) is 23.3 Å². The van der Waals surface area contributed by atoms with Gasteiger partial charge in [-0.1, -0.05) is 42.5 Å². The van der Waals surface area contributed by atoms with Crippen LogP contribution in [0.15, 0.2) is 54.6 Å². The number of hydroxylamine groups is 2. The summed E-state index contributed by atoms with van der Waals surface area (Å²) in [5.74, 6) is 0.323. The van der Waals surface area contributed by atoms with Gasteiger partial charge in [0.25, 0.3) is 0 Å². The lowest BCUT2D eigenvalue weighted by atomic mass is 10.2. The Morgan fingerprint density at radius 2 is 1.80 bits per heavy atom. The Kier molecular flexibility index (Phi) is 4.74. The third kappa shape index (κ3) is 4.10. The van der Waals surface area contributed by atoms with Crippen LogP contribution in [-0.2, 0) is 17.9 Å². The Labute approximate surface area is 118 Å². The fourth-order valence-electron chi connectivity index (χ4n) is 1.76. The second-order valence-electron chi connectivity index (χ2n) is 4.50.